The fourth-order valence-corrected chi connectivity index (χ4v) is 4.48. The van der Waals surface area contributed by atoms with Gasteiger partial charge in [0.25, 0.3) is 0 Å². The average molecular weight is 480 g/mol. The molecule has 0 unspecified atom stereocenters. The molecule has 2 heterocycles. The van der Waals surface area contributed by atoms with Gasteiger partial charge in [0.15, 0.2) is 15.7 Å². The summed E-state index contributed by atoms with van der Waals surface area (Å²) in [6, 6.07) is 7.27. The molecule has 2 fully saturated rings. The lowest BCUT2D eigenvalue weighted by Gasteiger charge is -2.27. The Morgan fingerprint density at radius 2 is 1.64 bits per heavy atom. The SMILES string of the molecule is CC(C)(C)c1noc(N2CCC(O)CC2)n1.CS(=O)(=O)c1ccc(OC2CCCCC2)cc1. The van der Waals surface area contributed by atoms with E-state index in [2.05, 4.69) is 30.9 Å². The van der Waals surface area contributed by atoms with E-state index in [0.29, 0.717) is 17.0 Å². The van der Waals surface area contributed by atoms with Crippen molar-refractivity contribution in [3.05, 3.63) is 30.1 Å². The van der Waals surface area contributed by atoms with E-state index in [1.54, 1.807) is 24.3 Å². The van der Waals surface area contributed by atoms with Gasteiger partial charge >= 0.3 is 6.01 Å². The molecule has 1 aliphatic heterocycles. The molecule has 0 bridgehead atoms. The highest BCUT2D eigenvalue weighted by molar-refractivity contribution is 7.90. The number of rotatable bonds is 4. The van der Waals surface area contributed by atoms with Crippen LogP contribution >= 0.6 is 0 Å². The molecule has 1 aliphatic carbocycles. The highest BCUT2D eigenvalue weighted by Gasteiger charge is 2.25. The van der Waals surface area contributed by atoms with Crippen molar-refractivity contribution < 1.29 is 22.8 Å². The molecule has 4 rings (SSSR count). The van der Waals surface area contributed by atoms with Crippen molar-refractivity contribution in [1.29, 1.82) is 0 Å². The fourth-order valence-electron chi connectivity index (χ4n) is 3.85. The predicted octanol–water partition coefficient (Wildman–Crippen LogP) is 4.13. The first-order valence-electron chi connectivity index (χ1n) is 11.8. The third-order valence-corrected chi connectivity index (χ3v) is 7.06. The maximum Gasteiger partial charge on any atom is 0.324 e. The molecule has 2 aliphatic rings. The third kappa shape index (κ3) is 7.71. The smallest absolute Gasteiger partial charge is 0.324 e. The quantitative estimate of drug-likeness (QED) is 0.698. The number of ether oxygens (including phenoxy) is 1. The summed E-state index contributed by atoms with van der Waals surface area (Å²) >= 11 is 0. The maximum absolute atomic E-state index is 11.3. The first-order chi connectivity index (χ1) is 15.5. The number of aliphatic hydroxyl groups excluding tert-OH is 1. The van der Waals surface area contributed by atoms with Crippen LogP contribution in [0, 0.1) is 0 Å². The summed E-state index contributed by atoms with van der Waals surface area (Å²) in [6.45, 7) is 7.74. The largest absolute Gasteiger partial charge is 0.490 e. The monoisotopic (exact) mass is 479 g/mol. The van der Waals surface area contributed by atoms with Crippen molar-refractivity contribution in [3.63, 3.8) is 0 Å². The molecule has 1 aromatic carbocycles. The van der Waals surface area contributed by atoms with Gasteiger partial charge in [-0.1, -0.05) is 32.3 Å². The Morgan fingerprint density at radius 3 is 2.15 bits per heavy atom. The van der Waals surface area contributed by atoms with Crippen molar-refractivity contribution in [2.75, 3.05) is 24.2 Å². The molecule has 33 heavy (non-hydrogen) atoms. The van der Waals surface area contributed by atoms with Crippen molar-refractivity contribution in [3.8, 4) is 5.75 Å². The summed E-state index contributed by atoms with van der Waals surface area (Å²) in [5, 5.41) is 13.4. The second kappa shape index (κ2) is 10.9. The van der Waals surface area contributed by atoms with Gasteiger partial charge in [-0.3, -0.25) is 0 Å². The van der Waals surface area contributed by atoms with Gasteiger partial charge < -0.3 is 19.3 Å². The van der Waals surface area contributed by atoms with Crippen molar-refractivity contribution in [1.82, 2.24) is 10.1 Å². The molecule has 9 heteroatoms. The van der Waals surface area contributed by atoms with E-state index < -0.39 is 9.84 Å². The van der Waals surface area contributed by atoms with Gasteiger partial charge in [-0.05, 0) is 62.8 Å². The molecule has 1 N–H and O–H groups in total. The van der Waals surface area contributed by atoms with Gasteiger partial charge in [-0.25, -0.2) is 8.42 Å². The zero-order valence-corrected chi connectivity index (χ0v) is 21.0. The molecule has 0 atom stereocenters. The summed E-state index contributed by atoms with van der Waals surface area (Å²) in [5.41, 5.74) is -0.0863. The lowest BCUT2D eigenvalue weighted by Crippen LogP contribution is -2.36. The van der Waals surface area contributed by atoms with E-state index in [0.717, 1.165) is 50.3 Å². The van der Waals surface area contributed by atoms with E-state index in [-0.39, 0.29) is 11.5 Å². The number of hydrogen-bond acceptors (Lipinski definition) is 8. The summed E-state index contributed by atoms with van der Waals surface area (Å²) < 4.78 is 33.7. The minimum atomic E-state index is -3.11. The van der Waals surface area contributed by atoms with Gasteiger partial charge in [0, 0.05) is 24.8 Å². The second-order valence-electron chi connectivity index (χ2n) is 9.99. The number of sulfone groups is 1. The zero-order valence-electron chi connectivity index (χ0n) is 20.2. The number of benzene rings is 1. The van der Waals surface area contributed by atoms with Crippen LogP contribution in [0.3, 0.4) is 0 Å². The number of aromatic nitrogens is 2. The molecule has 1 saturated heterocycles. The molecule has 0 spiro atoms. The van der Waals surface area contributed by atoms with Crippen LogP contribution in [-0.4, -0.2) is 55.2 Å². The van der Waals surface area contributed by atoms with E-state index >= 15 is 0 Å². The minimum Gasteiger partial charge on any atom is -0.490 e. The van der Waals surface area contributed by atoms with Crippen LogP contribution in [0.1, 0.15) is 71.5 Å². The Labute approximate surface area is 197 Å². The third-order valence-electron chi connectivity index (χ3n) is 5.93. The van der Waals surface area contributed by atoms with Gasteiger partial charge in [0.05, 0.1) is 17.1 Å². The Kier molecular flexibility index (Phi) is 8.39. The van der Waals surface area contributed by atoms with Crippen LogP contribution < -0.4 is 9.64 Å². The Balaban J connectivity index is 0.000000186. The number of aliphatic hydroxyl groups is 1. The molecule has 2 aromatic rings. The van der Waals surface area contributed by atoms with Crippen LogP contribution in [0.4, 0.5) is 6.01 Å². The standard InChI is InChI=1S/C13H18O3S.C11H19N3O2/c1-17(14,15)13-9-7-12(8-10-13)16-11-5-3-2-4-6-11;1-11(2,3)9-12-10(16-13-9)14-6-4-8(15)5-7-14/h7-11H,2-6H2,1H3;8,15H,4-7H2,1-3H3. The number of nitrogens with zero attached hydrogens (tertiary/aromatic N) is 3. The number of hydrogen-bond donors (Lipinski definition) is 1. The zero-order chi connectivity index (χ0) is 24.1. The summed E-state index contributed by atoms with van der Waals surface area (Å²) in [6.07, 6.45) is 8.84. The number of anilines is 1. The molecular weight excluding hydrogens is 442 g/mol. The van der Waals surface area contributed by atoms with Crippen LogP contribution in [0.2, 0.25) is 0 Å². The topological polar surface area (TPSA) is 106 Å². The maximum atomic E-state index is 11.3. The second-order valence-corrected chi connectivity index (χ2v) is 12.0. The van der Waals surface area contributed by atoms with Crippen LogP contribution in [0.25, 0.3) is 0 Å². The molecule has 0 amide bonds. The molecule has 1 aromatic heterocycles. The number of piperidine rings is 1. The van der Waals surface area contributed by atoms with Crippen LogP contribution in [-0.2, 0) is 15.3 Å². The predicted molar refractivity (Wildman–Crippen MR) is 128 cm³/mol. The van der Waals surface area contributed by atoms with Crippen LogP contribution in [0.15, 0.2) is 33.7 Å². The highest BCUT2D eigenvalue weighted by atomic mass is 32.2. The summed E-state index contributed by atoms with van der Waals surface area (Å²) in [7, 11) is -3.11. The van der Waals surface area contributed by atoms with E-state index in [1.165, 1.54) is 25.5 Å². The van der Waals surface area contributed by atoms with E-state index in [1.807, 2.05) is 4.90 Å². The van der Waals surface area contributed by atoms with E-state index in [4.69, 9.17) is 9.26 Å². The molecule has 8 nitrogen and oxygen atoms in total. The minimum absolute atomic E-state index is 0.0863. The Hall–Kier alpha value is -2.13. The fraction of sp³-hybridized carbons (Fsp3) is 0.667. The average Bonchev–Trinajstić information content (AvgIpc) is 3.26. The Bertz CT molecular complexity index is 968. The van der Waals surface area contributed by atoms with Gasteiger partial charge in [0.1, 0.15) is 5.75 Å². The summed E-state index contributed by atoms with van der Waals surface area (Å²) in [4.78, 5) is 6.77. The van der Waals surface area contributed by atoms with Gasteiger partial charge in [-0.2, -0.15) is 4.98 Å². The lowest BCUT2D eigenvalue weighted by atomic mass is 9.96. The van der Waals surface area contributed by atoms with E-state index in [9.17, 15) is 13.5 Å². The van der Waals surface area contributed by atoms with Gasteiger partial charge in [-0.15, -0.1) is 0 Å². The van der Waals surface area contributed by atoms with Crippen molar-refractivity contribution >= 4 is 15.9 Å². The van der Waals surface area contributed by atoms with Crippen LogP contribution in [0.5, 0.6) is 5.75 Å². The van der Waals surface area contributed by atoms with Gasteiger partial charge in [0.2, 0.25) is 0 Å². The lowest BCUT2D eigenvalue weighted by molar-refractivity contribution is 0.143. The highest BCUT2D eigenvalue weighted by Crippen LogP contribution is 2.25. The normalized spacial score (nSPS) is 18.5. The molecule has 1 saturated carbocycles. The molecular formula is C24H37N3O5S. The van der Waals surface area contributed by atoms with Crippen molar-refractivity contribution in [2.24, 2.45) is 0 Å². The Morgan fingerprint density at radius 1 is 1.03 bits per heavy atom. The van der Waals surface area contributed by atoms with Crippen molar-refractivity contribution in [2.45, 2.75) is 88.2 Å². The molecule has 0 radical (unpaired) electrons. The first-order valence-corrected chi connectivity index (χ1v) is 13.7. The summed E-state index contributed by atoms with van der Waals surface area (Å²) in [5.74, 6) is 1.50. The molecule has 184 valence electrons. The first kappa shape index (κ1) is 25.5.